The zero-order chi connectivity index (χ0) is 12.7. The first-order valence-corrected chi connectivity index (χ1v) is 6.15. The topological polar surface area (TPSA) is 42.4 Å². The Hall–Kier alpha value is -1.16. The van der Waals surface area contributed by atoms with Gasteiger partial charge in [0.25, 0.3) is 5.88 Å². The van der Waals surface area contributed by atoms with Crippen molar-refractivity contribution in [2.75, 3.05) is 6.61 Å². The highest BCUT2D eigenvalue weighted by atomic mass is 19.1. The molecule has 0 saturated carbocycles. The second kappa shape index (κ2) is 7.22. The van der Waals surface area contributed by atoms with Crippen molar-refractivity contribution in [2.45, 2.75) is 45.6 Å². The Kier molecular flexibility index (Phi) is 5.91. The van der Waals surface area contributed by atoms with E-state index in [1.807, 2.05) is 0 Å². The molecule has 1 aromatic rings. The maximum absolute atomic E-state index is 13.9. The largest absolute Gasteiger partial charge is 0.476 e. The number of hydrogen-bond acceptors (Lipinski definition) is 3. The molecular formula is C13H20FNO2. The van der Waals surface area contributed by atoms with Crippen molar-refractivity contribution in [3.8, 4) is 5.88 Å². The first-order chi connectivity index (χ1) is 8.20. The molecular weight excluding hydrogens is 221 g/mol. The van der Waals surface area contributed by atoms with Crippen LogP contribution < -0.4 is 4.74 Å². The third kappa shape index (κ3) is 3.97. The van der Waals surface area contributed by atoms with Crippen molar-refractivity contribution in [1.82, 2.24) is 4.98 Å². The van der Waals surface area contributed by atoms with E-state index in [-0.39, 0.29) is 11.4 Å². The number of ether oxygens (including phenoxy) is 1. The lowest BCUT2D eigenvalue weighted by atomic mass is 10.0. The van der Waals surface area contributed by atoms with Crippen LogP contribution in [0, 0.1) is 5.82 Å². The summed E-state index contributed by atoms with van der Waals surface area (Å²) in [7, 11) is 0. The number of rotatable bonds is 7. The second-order valence-electron chi connectivity index (χ2n) is 3.96. The van der Waals surface area contributed by atoms with Crippen LogP contribution >= 0.6 is 0 Å². The Balaban J connectivity index is 2.72. The second-order valence-corrected chi connectivity index (χ2v) is 3.96. The Morgan fingerprint density at radius 2 is 2.18 bits per heavy atom. The lowest BCUT2D eigenvalue weighted by Gasteiger charge is -2.13. The molecule has 96 valence electrons. The SMILES string of the molecule is CCCCCC(O)c1ccnc(OCC)c1F. The van der Waals surface area contributed by atoms with Gasteiger partial charge in [-0.25, -0.2) is 9.37 Å². The molecule has 0 saturated heterocycles. The molecule has 4 heteroatoms. The molecule has 0 aromatic carbocycles. The van der Waals surface area contributed by atoms with Crippen LogP contribution in [0.1, 0.15) is 51.2 Å². The van der Waals surface area contributed by atoms with E-state index in [1.54, 1.807) is 6.92 Å². The molecule has 0 aliphatic heterocycles. The van der Waals surface area contributed by atoms with E-state index in [2.05, 4.69) is 11.9 Å². The number of nitrogens with zero attached hydrogens (tertiary/aromatic N) is 1. The molecule has 0 radical (unpaired) electrons. The van der Waals surface area contributed by atoms with Gasteiger partial charge in [-0.1, -0.05) is 26.2 Å². The molecule has 17 heavy (non-hydrogen) atoms. The number of hydrogen-bond donors (Lipinski definition) is 1. The number of aliphatic hydroxyl groups excluding tert-OH is 1. The fraction of sp³-hybridized carbons (Fsp3) is 0.615. The molecule has 1 N–H and O–H groups in total. The van der Waals surface area contributed by atoms with E-state index in [0.29, 0.717) is 13.0 Å². The van der Waals surface area contributed by atoms with E-state index in [9.17, 15) is 9.50 Å². The van der Waals surface area contributed by atoms with Crippen LogP contribution in [-0.2, 0) is 0 Å². The van der Waals surface area contributed by atoms with Crippen LogP contribution in [0.5, 0.6) is 5.88 Å². The summed E-state index contributed by atoms with van der Waals surface area (Å²) in [4.78, 5) is 3.80. The average molecular weight is 241 g/mol. The van der Waals surface area contributed by atoms with Crippen molar-refractivity contribution >= 4 is 0 Å². The smallest absolute Gasteiger partial charge is 0.250 e. The van der Waals surface area contributed by atoms with Crippen molar-refractivity contribution in [2.24, 2.45) is 0 Å². The predicted octanol–water partition coefficient (Wildman–Crippen LogP) is 3.23. The lowest BCUT2D eigenvalue weighted by molar-refractivity contribution is 0.157. The average Bonchev–Trinajstić information content (AvgIpc) is 2.32. The summed E-state index contributed by atoms with van der Waals surface area (Å²) in [5.41, 5.74) is 0.277. The summed E-state index contributed by atoms with van der Waals surface area (Å²) in [5, 5.41) is 9.90. The quantitative estimate of drug-likeness (QED) is 0.745. The highest BCUT2D eigenvalue weighted by Crippen LogP contribution is 2.26. The Labute approximate surface area is 102 Å². The zero-order valence-corrected chi connectivity index (χ0v) is 10.4. The van der Waals surface area contributed by atoms with Crippen LogP contribution in [0.3, 0.4) is 0 Å². The molecule has 3 nitrogen and oxygen atoms in total. The van der Waals surface area contributed by atoms with Gasteiger partial charge in [-0.3, -0.25) is 0 Å². The van der Waals surface area contributed by atoms with Gasteiger partial charge in [0.15, 0.2) is 5.82 Å². The Morgan fingerprint density at radius 1 is 1.41 bits per heavy atom. The summed E-state index contributed by atoms with van der Waals surface area (Å²) in [6, 6.07) is 1.51. The predicted molar refractivity (Wildman–Crippen MR) is 64.5 cm³/mol. The molecule has 1 aromatic heterocycles. The molecule has 0 spiro atoms. The van der Waals surface area contributed by atoms with Gasteiger partial charge in [-0.15, -0.1) is 0 Å². The van der Waals surface area contributed by atoms with E-state index in [4.69, 9.17) is 4.74 Å². The van der Waals surface area contributed by atoms with Gasteiger partial charge in [0, 0.05) is 11.8 Å². The number of aliphatic hydroxyl groups is 1. The van der Waals surface area contributed by atoms with Crippen LogP contribution in [0.2, 0.25) is 0 Å². The number of pyridine rings is 1. The first-order valence-electron chi connectivity index (χ1n) is 6.15. The van der Waals surface area contributed by atoms with E-state index in [1.165, 1.54) is 12.3 Å². The van der Waals surface area contributed by atoms with Gasteiger partial charge in [-0.2, -0.15) is 0 Å². The van der Waals surface area contributed by atoms with Gasteiger partial charge in [0.1, 0.15) is 0 Å². The third-order valence-electron chi connectivity index (χ3n) is 2.61. The standard InChI is InChI=1S/C13H20FNO2/c1-3-5-6-7-11(16)10-8-9-15-13(12(10)14)17-4-2/h8-9,11,16H,3-7H2,1-2H3. The highest BCUT2D eigenvalue weighted by Gasteiger charge is 2.16. The minimum absolute atomic E-state index is 0.0282. The lowest BCUT2D eigenvalue weighted by Crippen LogP contribution is -2.05. The molecule has 0 fully saturated rings. The minimum Gasteiger partial charge on any atom is -0.476 e. The molecule has 1 unspecified atom stereocenters. The molecule has 0 aliphatic carbocycles. The van der Waals surface area contributed by atoms with Gasteiger partial charge >= 0.3 is 0 Å². The molecule has 1 rings (SSSR count). The molecule has 0 bridgehead atoms. The summed E-state index contributed by atoms with van der Waals surface area (Å²) in [6.07, 6.45) is 4.28. The zero-order valence-electron chi connectivity index (χ0n) is 10.4. The molecule has 0 amide bonds. The summed E-state index contributed by atoms with van der Waals surface area (Å²) in [6.45, 7) is 4.22. The first kappa shape index (κ1) is 13.9. The molecule has 0 aliphatic rings. The fourth-order valence-corrected chi connectivity index (χ4v) is 1.68. The van der Waals surface area contributed by atoms with Crippen molar-refractivity contribution in [3.05, 3.63) is 23.6 Å². The normalized spacial score (nSPS) is 12.5. The van der Waals surface area contributed by atoms with Gasteiger partial charge in [0.2, 0.25) is 0 Å². The maximum Gasteiger partial charge on any atom is 0.250 e. The summed E-state index contributed by atoms with van der Waals surface area (Å²) >= 11 is 0. The Bertz CT molecular complexity index is 344. The van der Waals surface area contributed by atoms with Crippen molar-refractivity contribution in [3.63, 3.8) is 0 Å². The van der Waals surface area contributed by atoms with Gasteiger partial charge in [-0.05, 0) is 19.4 Å². The minimum atomic E-state index is -0.774. The van der Waals surface area contributed by atoms with E-state index < -0.39 is 11.9 Å². The van der Waals surface area contributed by atoms with Crippen LogP contribution in [0.25, 0.3) is 0 Å². The van der Waals surface area contributed by atoms with Crippen LogP contribution in [0.4, 0.5) is 4.39 Å². The van der Waals surface area contributed by atoms with E-state index >= 15 is 0 Å². The monoisotopic (exact) mass is 241 g/mol. The van der Waals surface area contributed by atoms with Crippen molar-refractivity contribution < 1.29 is 14.2 Å². The number of aromatic nitrogens is 1. The number of unbranched alkanes of at least 4 members (excludes halogenated alkanes) is 2. The Morgan fingerprint density at radius 3 is 2.82 bits per heavy atom. The molecule has 1 atom stereocenters. The summed E-state index contributed by atoms with van der Waals surface area (Å²) in [5.74, 6) is -0.571. The van der Waals surface area contributed by atoms with E-state index in [0.717, 1.165) is 19.3 Å². The van der Waals surface area contributed by atoms with Gasteiger partial charge < -0.3 is 9.84 Å². The maximum atomic E-state index is 13.9. The van der Waals surface area contributed by atoms with Crippen LogP contribution in [-0.4, -0.2) is 16.7 Å². The third-order valence-corrected chi connectivity index (χ3v) is 2.61. The van der Waals surface area contributed by atoms with Crippen molar-refractivity contribution in [1.29, 1.82) is 0 Å². The summed E-state index contributed by atoms with van der Waals surface area (Å²) < 4.78 is 18.9. The molecule has 1 heterocycles. The highest BCUT2D eigenvalue weighted by molar-refractivity contribution is 5.25. The van der Waals surface area contributed by atoms with Crippen LogP contribution in [0.15, 0.2) is 12.3 Å². The fourth-order valence-electron chi connectivity index (χ4n) is 1.68. The number of halogens is 1. The van der Waals surface area contributed by atoms with Gasteiger partial charge in [0.05, 0.1) is 12.7 Å².